The van der Waals surface area contributed by atoms with Gasteiger partial charge in [-0.15, -0.1) is 11.8 Å². The molecule has 0 N–H and O–H groups in total. The fourth-order valence-corrected chi connectivity index (χ4v) is 5.28. The minimum absolute atomic E-state index is 0.0571. The van der Waals surface area contributed by atoms with Crippen molar-refractivity contribution in [1.29, 1.82) is 0 Å². The monoisotopic (exact) mass is 780 g/mol. The van der Waals surface area contributed by atoms with Crippen LogP contribution in [0.5, 0.6) is 0 Å². The molecule has 278 valence electrons. The molecule has 12 heteroatoms. The number of hydrogen-bond donors (Lipinski definition) is 0. The van der Waals surface area contributed by atoms with Crippen LogP contribution in [0.3, 0.4) is 0 Å². The zero-order valence-electron chi connectivity index (χ0n) is 57.5. The second-order valence-corrected chi connectivity index (χ2v) is 11.3. The van der Waals surface area contributed by atoms with E-state index in [2.05, 4.69) is 4.74 Å². The van der Waals surface area contributed by atoms with Gasteiger partial charge in [-0.1, -0.05) is 59.9 Å². The van der Waals surface area contributed by atoms with Crippen LogP contribution in [0.1, 0.15) is 77.5 Å². The SMILES string of the molecule is [2H]c1c([2H])c(F)c(F)c(CSc2c([2H])c(=O)c3c([2H])c(C)c([2H])c([2H])c3n2CC(=O)N(C([2H])([2H])c2c([2H])c([2H])c(-c3c([2H])c([2H])c(C(F)(F)F)c([2H])c3[2H])c([2H])c2[2H])C2([2H])C([2H])([2H])C([2H])([2H])N(CC([2H])([2H])OC([2H])([2H])[2H])C([2H])([2H])C2([2H])[2H])c1[2H]. The van der Waals surface area contributed by atoms with Crippen molar-refractivity contribution in [1.82, 2.24) is 14.4 Å². The molecular weight excluding hydrogens is 710 g/mol. The zero-order valence-corrected chi connectivity index (χ0v) is 27.3. The Morgan fingerprint density at radius 3 is 2.42 bits per heavy atom. The number of ether oxygens (including phenoxy) is 1. The van der Waals surface area contributed by atoms with E-state index in [9.17, 15) is 32.0 Å². The van der Waals surface area contributed by atoms with E-state index in [4.69, 9.17) is 32.9 Å². The van der Waals surface area contributed by atoms with Crippen LogP contribution in [0.25, 0.3) is 22.0 Å². The second-order valence-electron chi connectivity index (χ2n) is 10.3. The number of carbonyl (C=O) groups excluding carboxylic acids is 1. The van der Waals surface area contributed by atoms with Crippen molar-refractivity contribution in [3.05, 3.63) is 135 Å². The molecule has 1 amide bonds. The van der Waals surface area contributed by atoms with Crippen LogP contribution in [-0.2, 0) is 34.5 Å². The van der Waals surface area contributed by atoms with Gasteiger partial charge in [0.05, 0.1) is 54.2 Å². The summed E-state index contributed by atoms with van der Waals surface area (Å²) in [6, 6.07) is -27.8. The number of likely N-dealkylation sites (tertiary alicyclic amines) is 1. The third-order valence-electron chi connectivity index (χ3n) is 6.76. The van der Waals surface area contributed by atoms with Crippen molar-refractivity contribution in [2.45, 2.75) is 55.7 Å². The van der Waals surface area contributed by atoms with Crippen LogP contribution in [0.2, 0.25) is 0 Å². The summed E-state index contributed by atoms with van der Waals surface area (Å²) in [7, 11) is -3.75. The number of benzene rings is 4. The highest BCUT2D eigenvalue weighted by Gasteiger charge is 2.31. The van der Waals surface area contributed by atoms with Gasteiger partial charge in [0.15, 0.2) is 17.1 Å². The van der Waals surface area contributed by atoms with Crippen molar-refractivity contribution in [2.24, 2.45) is 0 Å². The van der Waals surface area contributed by atoms with Crippen LogP contribution < -0.4 is 5.43 Å². The van der Waals surface area contributed by atoms with Crippen molar-refractivity contribution in [3.63, 3.8) is 0 Å². The number of halogens is 5. The Hall–Kier alpha value is -4.52. The molecule has 4 aromatic carbocycles. The number of carbonyl (C=O) groups is 1. The lowest BCUT2D eigenvalue weighted by molar-refractivity contribution is -0.137. The lowest BCUT2D eigenvalue weighted by atomic mass is 10.00. The maximum atomic E-state index is 15.8. The average Bonchev–Trinajstić information content (AvgIpc) is 3.39. The molecule has 1 aliphatic heterocycles. The molecule has 0 bridgehead atoms. The molecule has 0 spiro atoms. The van der Waals surface area contributed by atoms with E-state index in [1.165, 1.54) is 0 Å². The summed E-state index contributed by atoms with van der Waals surface area (Å²) < 4.78 is 346. The number of piperidine rings is 1. The molecule has 6 nitrogen and oxygen atoms in total. The Morgan fingerprint density at radius 2 is 1.74 bits per heavy atom. The van der Waals surface area contributed by atoms with Crippen molar-refractivity contribution < 1.29 is 74.0 Å². The minimum atomic E-state index is -5.59. The van der Waals surface area contributed by atoms with Gasteiger partial charge in [-0.3, -0.25) is 9.59 Å². The van der Waals surface area contributed by atoms with Crippen LogP contribution in [0.4, 0.5) is 22.0 Å². The fraction of sp³-hybridized carbons (Fsp3) is 0.317. The van der Waals surface area contributed by atoms with E-state index in [0.717, 1.165) is 6.92 Å². The molecule has 6 rings (SSSR count). The summed E-state index contributed by atoms with van der Waals surface area (Å²) in [4.78, 5) is 28.2. The number of hydrogen-bond acceptors (Lipinski definition) is 5. The van der Waals surface area contributed by atoms with E-state index in [0.29, 0.717) is 0 Å². The first-order valence-corrected chi connectivity index (χ1v) is 15.5. The minimum Gasteiger partial charge on any atom is -0.383 e. The predicted octanol–water partition coefficient (Wildman–Crippen LogP) is 8.71. The highest BCUT2D eigenvalue weighted by Crippen LogP contribution is 2.32. The molecule has 1 fully saturated rings. The summed E-state index contributed by atoms with van der Waals surface area (Å²) in [6.45, 7) is -21.1. The quantitative estimate of drug-likeness (QED) is 0.0938. The molecule has 0 radical (unpaired) electrons. The lowest BCUT2D eigenvalue weighted by Crippen LogP contribution is -2.48. The van der Waals surface area contributed by atoms with Gasteiger partial charge in [0.2, 0.25) is 5.91 Å². The number of aromatic nitrogens is 1. The van der Waals surface area contributed by atoms with Crippen LogP contribution in [0.15, 0.2) is 100 Å². The third-order valence-corrected chi connectivity index (χ3v) is 7.79. The standard InChI is InChI=1S/C41H40F5N3O3S/c1-27-6-15-36-34(22-27)37(50)23-39(53-26-31-4-3-5-35(42)40(31)43)49(36)25-38(51)48(33-16-18-47(19-17-33)20-21-52-2)24-28-7-9-29(10-8-28)30-11-13-32(14-12-30)41(44,45)46/h3-15,22-23,33H,16-21,24-26H2,1-2H3/i2D3,3D,4D,5D,6D,7D,8D,9D,10D,11D,12D,13D,14D,15D,16D2,17D2,18D2,19D2,21D2,22D,23D,24D2,33D. The molecule has 2 heterocycles. The Kier molecular flexibility index (Phi) is 4.81. The van der Waals surface area contributed by atoms with E-state index in [1.54, 1.807) is 0 Å². The number of rotatable bonds is 12. The number of pyridine rings is 1. The molecule has 0 unspecified atom stereocenters. The van der Waals surface area contributed by atoms with Gasteiger partial charge >= 0.3 is 6.18 Å². The molecule has 0 saturated carbocycles. The number of fused-ring (bicyclic) bond motifs is 1. The van der Waals surface area contributed by atoms with Crippen LogP contribution >= 0.6 is 11.8 Å². The van der Waals surface area contributed by atoms with E-state index in [1.807, 2.05) is 0 Å². The molecule has 5 aromatic rings. The van der Waals surface area contributed by atoms with Gasteiger partial charge in [0.1, 0.15) is 6.54 Å². The molecule has 1 saturated heterocycles. The molecular formula is C41H40F5N3O3S. The Bertz CT molecular complexity index is 3570. The number of thioether (sulfide) groups is 1. The summed E-state index contributed by atoms with van der Waals surface area (Å²) >= 11 is -0.0571. The van der Waals surface area contributed by atoms with Gasteiger partial charge in [-0.25, -0.2) is 8.78 Å². The first kappa shape index (κ1) is 15.3. The highest BCUT2D eigenvalue weighted by molar-refractivity contribution is 7.98. The van der Waals surface area contributed by atoms with Gasteiger partial charge in [0.25, 0.3) is 0 Å². The first-order chi connectivity index (χ1) is 37.7. The highest BCUT2D eigenvalue weighted by atomic mass is 32.2. The summed E-state index contributed by atoms with van der Waals surface area (Å²) in [6.07, 6.45) is -15.4. The smallest absolute Gasteiger partial charge is 0.383 e. The Labute approximate surface area is 352 Å². The predicted molar refractivity (Wildman–Crippen MR) is 198 cm³/mol. The number of alkyl halides is 3. The van der Waals surface area contributed by atoms with E-state index in [-0.39, 0.29) is 16.3 Å². The number of amides is 1. The Morgan fingerprint density at radius 1 is 1.04 bits per heavy atom. The normalized spacial score (nSPS) is 27.8. The van der Waals surface area contributed by atoms with Crippen LogP contribution in [-0.4, -0.2) is 59.4 Å². The second kappa shape index (κ2) is 16.7. The molecule has 53 heavy (non-hydrogen) atoms. The Balaban J connectivity index is 1.79. The first-order valence-electron chi connectivity index (χ1n) is 30.0. The topological polar surface area (TPSA) is 54.8 Å². The van der Waals surface area contributed by atoms with E-state index >= 15 is 9.18 Å². The van der Waals surface area contributed by atoms with Crippen molar-refractivity contribution in [3.8, 4) is 11.1 Å². The molecule has 0 atom stereocenters. The summed E-state index contributed by atoms with van der Waals surface area (Å²) in [5.74, 6) is -7.67. The summed E-state index contributed by atoms with van der Waals surface area (Å²) in [5.41, 5.74) is -11.3. The van der Waals surface area contributed by atoms with Gasteiger partial charge in [-0.2, -0.15) is 13.2 Å². The zero-order chi connectivity index (χ0) is 64.9. The largest absolute Gasteiger partial charge is 0.416 e. The van der Waals surface area contributed by atoms with Crippen LogP contribution in [0, 0.1) is 18.6 Å². The fourth-order valence-electron chi connectivity index (χ4n) is 4.32. The van der Waals surface area contributed by atoms with E-state index < -0.39 is 250 Å². The maximum absolute atomic E-state index is 15.8. The lowest BCUT2D eigenvalue weighted by Gasteiger charge is -2.39. The molecule has 1 aliphatic rings. The van der Waals surface area contributed by atoms with Gasteiger partial charge < -0.3 is 19.1 Å². The third kappa shape index (κ3) is 9.17. The molecule has 0 aliphatic carbocycles. The van der Waals surface area contributed by atoms with Crippen molar-refractivity contribution in [2.75, 3.05) is 33.1 Å². The van der Waals surface area contributed by atoms with Crippen molar-refractivity contribution >= 4 is 28.6 Å². The van der Waals surface area contributed by atoms with Gasteiger partial charge in [0, 0.05) is 72.8 Å². The number of methoxy groups -OCH3 is 1. The van der Waals surface area contributed by atoms with Gasteiger partial charge in [-0.05, 0) is 66.6 Å². The maximum Gasteiger partial charge on any atom is 0.416 e. The summed E-state index contributed by atoms with van der Waals surface area (Å²) in [5, 5.41) is -2.17. The average molecular weight is 781 g/mol. The molecule has 1 aromatic heterocycles. The number of nitrogens with zero attached hydrogens (tertiary/aromatic N) is 3.